The Morgan fingerprint density at radius 3 is 2.57 bits per heavy atom. The normalized spacial score (nSPS) is 11.7. The Balaban J connectivity index is 1.48. The Hall–Kier alpha value is -2.45. The summed E-state index contributed by atoms with van der Waals surface area (Å²) in [5.41, 5.74) is 1.71. The summed E-state index contributed by atoms with van der Waals surface area (Å²) in [5.74, 6) is -0.106. The van der Waals surface area contributed by atoms with Gasteiger partial charge in [-0.1, -0.05) is 18.2 Å². The maximum absolute atomic E-state index is 12.1. The average Bonchev–Trinajstić information content (AvgIpc) is 3.33. The van der Waals surface area contributed by atoms with Crippen LogP contribution >= 0.6 is 11.3 Å². The van der Waals surface area contributed by atoms with Crippen LogP contribution in [-0.4, -0.2) is 35.9 Å². The maximum Gasteiger partial charge on any atom is 0.224 e. The molecule has 28 heavy (non-hydrogen) atoms. The Bertz CT molecular complexity index is 1020. The topological polar surface area (TPSA) is 81.1 Å². The molecule has 2 heterocycles. The Morgan fingerprint density at radius 2 is 1.93 bits per heavy atom. The number of thiophene rings is 1. The summed E-state index contributed by atoms with van der Waals surface area (Å²) in [6.45, 7) is 4.37. The van der Waals surface area contributed by atoms with Crippen LogP contribution in [-0.2, 0) is 27.6 Å². The number of hydrogen-bond donors (Lipinski definition) is 1. The third-order valence-corrected chi connectivity index (χ3v) is 7.38. The summed E-state index contributed by atoms with van der Waals surface area (Å²) in [7, 11) is -3.29. The highest BCUT2D eigenvalue weighted by atomic mass is 32.2. The van der Waals surface area contributed by atoms with Crippen molar-refractivity contribution >= 4 is 27.1 Å². The molecule has 0 aliphatic rings. The minimum absolute atomic E-state index is 0.106. The van der Waals surface area contributed by atoms with E-state index in [4.69, 9.17) is 0 Å². The van der Waals surface area contributed by atoms with Gasteiger partial charge in [0.2, 0.25) is 5.91 Å². The molecule has 0 fully saturated rings. The minimum atomic E-state index is -3.29. The second kappa shape index (κ2) is 8.70. The van der Waals surface area contributed by atoms with E-state index in [9.17, 15) is 13.2 Å². The van der Waals surface area contributed by atoms with Gasteiger partial charge >= 0.3 is 0 Å². The number of benzene rings is 1. The maximum atomic E-state index is 12.1. The summed E-state index contributed by atoms with van der Waals surface area (Å²) >= 11 is 1.64. The predicted octanol–water partition coefficient (Wildman–Crippen LogP) is 3.15. The summed E-state index contributed by atoms with van der Waals surface area (Å²) in [5, 5.41) is 8.92. The highest BCUT2D eigenvalue weighted by Crippen LogP contribution is 2.22. The van der Waals surface area contributed by atoms with Crippen LogP contribution in [0.2, 0.25) is 0 Å². The molecule has 0 bridgehead atoms. The molecule has 0 aliphatic heterocycles. The van der Waals surface area contributed by atoms with Gasteiger partial charge in [0.1, 0.15) is 5.69 Å². The number of nitrogens with zero attached hydrogens (tertiary/aromatic N) is 2. The number of amides is 1. The first-order chi connectivity index (χ1) is 13.4. The number of carbonyl (C=O) groups is 1. The Morgan fingerprint density at radius 1 is 1.18 bits per heavy atom. The van der Waals surface area contributed by atoms with Gasteiger partial charge in [0.05, 0.1) is 28.0 Å². The Kier molecular flexibility index (Phi) is 6.31. The highest BCUT2D eigenvalue weighted by molar-refractivity contribution is 7.92. The zero-order valence-corrected chi connectivity index (χ0v) is 17.5. The zero-order valence-electron chi connectivity index (χ0n) is 15.8. The van der Waals surface area contributed by atoms with Crippen molar-refractivity contribution in [3.8, 4) is 10.6 Å². The molecule has 3 rings (SSSR count). The van der Waals surface area contributed by atoms with Gasteiger partial charge in [-0.25, -0.2) is 8.42 Å². The van der Waals surface area contributed by atoms with E-state index in [2.05, 4.69) is 10.4 Å². The molecular formula is C20H23N3O3S2. The van der Waals surface area contributed by atoms with Crippen molar-refractivity contribution in [2.75, 3.05) is 6.54 Å². The van der Waals surface area contributed by atoms with Crippen LogP contribution in [0.3, 0.4) is 0 Å². The molecule has 0 aliphatic carbocycles. The van der Waals surface area contributed by atoms with Gasteiger partial charge in [-0.05, 0) is 49.1 Å². The van der Waals surface area contributed by atoms with Crippen molar-refractivity contribution in [3.05, 3.63) is 59.6 Å². The van der Waals surface area contributed by atoms with Crippen molar-refractivity contribution in [1.82, 2.24) is 15.1 Å². The number of nitrogens with one attached hydrogen (secondary N) is 1. The lowest BCUT2D eigenvalue weighted by molar-refractivity contribution is -0.120. The third kappa shape index (κ3) is 4.88. The lowest BCUT2D eigenvalue weighted by Crippen LogP contribution is -2.28. The molecule has 0 radical (unpaired) electrons. The first-order valence-electron chi connectivity index (χ1n) is 9.03. The molecule has 1 amide bonds. The van der Waals surface area contributed by atoms with E-state index < -0.39 is 15.1 Å². The predicted molar refractivity (Wildman–Crippen MR) is 111 cm³/mol. The third-order valence-electron chi connectivity index (χ3n) is 4.31. The number of hydrogen-bond acceptors (Lipinski definition) is 5. The van der Waals surface area contributed by atoms with Gasteiger partial charge in [-0.3, -0.25) is 9.48 Å². The standard InChI is InChI=1S/C20H23N3O3S2/c1-15(2)28(25,26)17-7-5-16(6-8-17)14-20(24)21-10-12-23-11-9-18(22-23)19-4-3-13-27-19/h3-9,11,13,15H,10,12,14H2,1-2H3,(H,21,24). The lowest BCUT2D eigenvalue weighted by atomic mass is 10.1. The quantitative estimate of drug-likeness (QED) is 0.610. The molecule has 0 unspecified atom stereocenters. The van der Waals surface area contributed by atoms with Gasteiger partial charge < -0.3 is 5.32 Å². The minimum Gasteiger partial charge on any atom is -0.354 e. The van der Waals surface area contributed by atoms with Crippen molar-refractivity contribution in [1.29, 1.82) is 0 Å². The van der Waals surface area contributed by atoms with Crippen LogP contribution in [0.5, 0.6) is 0 Å². The van der Waals surface area contributed by atoms with E-state index in [1.54, 1.807) is 54.1 Å². The van der Waals surface area contributed by atoms with Crippen molar-refractivity contribution < 1.29 is 13.2 Å². The number of rotatable bonds is 8. The number of aromatic nitrogens is 2. The summed E-state index contributed by atoms with van der Waals surface area (Å²) in [6, 6.07) is 12.5. The van der Waals surface area contributed by atoms with Gasteiger partial charge in [-0.2, -0.15) is 5.10 Å². The van der Waals surface area contributed by atoms with Crippen LogP contribution in [0.4, 0.5) is 0 Å². The molecule has 148 valence electrons. The Labute approximate surface area is 169 Å². The van der Waals surface area contributed by atoms with E-state index >= 15 is 0 Å². The molecule has 2 aromatic heterocycles. The van der Waals surface area contributed by atoms with Crippen LogP contribution in [0.25, 0.3) is 10.6 Å². The van der Waals surface area contributed by atoms with Crippen molar-refractivity contribution in [2.45, 2.75) is 37.0 Å². The highest BCUT2D eigenvalue weighted by Gasteiger charge is 2.18. The second-order valence-corrected chi connectivity index (χ2v) is 10.2. The van der Waals surface area contributed by atoms with Crippen LogP contribution < -0.4 is 5.32 Å². The molecular weight excluding hydrogens is 394 g/mol. The van der Waals surface area contributed by atoms with Gasteiger partial charge in [-0.15, -0.1) is 11.3 Å². The fourth-order valence-corrected chi connectivity index (χ4v) is 4.42. The molecule has 6 nitrogen and oxygen atoms in total. The number of sulfone groups is 1. The van der Waals surface area contributed by atoms with Crippen molar-refractivity contribution in [3.63, 3.8) is 0 Å². The van der Waals surface area contributed by atoms with Gasteiger partial charge in [0, 0.05) is 12.7 Å². The summed E-state index contributed by atoms with van der Waals surface area (Å²) in [6.07, 6.45) is 2.11. The molecule has 0 saturated heterocycles. The molecule has 0 saturated carbocycles. The largest absolute Gasteiger partial charge is 0.354 e. The lowest BCUT2D eigenvalue weighted by Gasteiger charge is -2.09. The fourth-order valence-electron chi connectivity index (χ4n) is 2.67. The first kappa shape index (κ1) is 20.3. The molecule has 1 N–H and O–H groups in total. The van der Waals surface area contributed by atoms with Crippen LogP contribution in [0.15, 0.2) is 58.9 Å². The van der Waals surface area contributed by atoms with Crippen LogP contribution in [0.1, 0.15) is 19.4 Å². The molecule has 3 aromatic rings. The fraction of sp³-hybridized carbons (Fsp3) is 0.300. The first-order valence-corrected chi connectivity index (χ1v) is 11.5. The average molecular weight is 418 g/mol. The molecule has 1 aromatic carbocycles. The van der Waals surface area contributed by atoms with E-state index in [1.165, 1.54) is 0 Å². The SMILES string of the molecule is CC(C)S(=O)(=O)c1ccc(CC(=O)NCCn2ccc(-c3cccs3)n2)cc1. The molecule has 0 atom stereocenters. The van der Waals surface area contributed by atoms with Crippen LogP contribution in [0, 0.1) is 0 Å². The summed E-state index contributed by atoms with van der Waals surface area (Å²) in [4.78, 5) is 13.5. The summed E-state index contributed by atoms with van der Waals surface area (Å²) < 4.78 is 26.1. The smallest absolute Gasteiger partial charge is 0.224 e. The van der Waals surface area contributed by atoms with E-state index in [0.717, 1.165) is 16.1 Å². The second-order valence-electron chi connectivity index (χ2n) is 6.71. The van der Waals surface area contributed by atoms with Gasteiger partial charge in [0.15, 0.2) is 9.84 Å². The van der Waals surface area contributed by atoms with Gasteiger partial charge in [0.25, 0.3) is 0 Å². The molecule has 8 heteroatoms. The van der Waals surface area contributed by atoms with E-state index in [1.807, 2.05) is 29.8 Å². The molecule has 0 spiro atoms. The zero-order chi connectivity index (χ0) is 20.1. The monoisotopic (exact) mass is 417 g/mol. The van der Waals surface area contributed by atoms with E-state index in [-0.39, 0.29) is 17.2 Å². The van der Waals surface area contributed by atoms with Crippen molar-refractivity contribution in [2.24, 2.45) is 0 Å². The number of carbonyl (C=O) groups excluding carboxylic acids is 1. The van der Waals surface area contributed by atoms with E-state index in [0.29, 0.717) is 13.1 Å².